The third kappa shape index (κ3) is 6.52. The number of esters is 1. The third-order valence-corrected chi connectivity index (χ3v) is 4.85. The number of aliphatic hydroxyl groups excluding tert-OH is 1. The molecule has 0 aromatic heterocycles. The van der Waals surface area contributed by atoms with Crippen LogP contribution in [0.25, 0.3) is 0 Å². The highest BCUT2D eigenvalue weighted by atomic mass is 16.5. The normalized spacial score (nSPS) is 18.2. The summed E-state index contributed by atoms with van der Waals surface area (Å²) >= 11 is 0. The summed E-state index contributed by atoms with van der Waals surface area (Å²) in [4.78, 5) is 18.8. The zero-order valence-electron chi connectivity index (χ0n) is 17.8. The molecule has 1 heterocycles. The highest BCUT2D eigenvalue weighted by Crippen LogP contribution is 2.26. The molecule has 1 aromatic carbocycles. The maximum absolute atomic E-state index is 12.1. The summed E-state index contributed by atoms with van der Waals surface area (Å²) in [5, 5.41) is 13.9. The van der Waals surface area contributed by atoms with Gasteiger partial charge in [0.1, 0.15) is 11.5 Å². The third-order valence-electron chi connectivity index (χ3n) is 4.85. The Morgan fingerprint density at radius 3 is 2.55 bits per heavy atom. The molecular formula is C21H33N3O5. The molecule has 0 radical (unpaired) electrons. The van der Waals surface area contributed by atoms with E-state index in [4.69, 9.17) is 14.2 Å². The number of guanidine groups is 1. The predicted octanol–water partition coefficient (Wildman–Crippen LogP) is 1.98. The Morgan fingerprint density at radius 2 is 1.97 bits per heavy atom. The molecule has 2 atom stereocenters. The fraction of sp³-hybridized carbons (Fsp3) is 0.619. The zero-order valence-corrected chi connectivity index (χ0v) is 17.8. The highest BCUT2D eigenvalue weighted by molar-refractivity contribution is 5.81. The lowest BCUT2D eigenvalue weighted by molar-refractivity contribution is -0.149. The molecule has 2 N–H and O–H groups in total. The van der Waals surface area contributed by atoms with Crippen LogP contribution in [0.15, 0.2) is 23.2 Å². The molecule has 1 aromatic rings. The van der Waals surface area contributed by atoms with E-state index in [1.807, 2.05) is 13.8 Å². The molecule has 1 saturated heterocycles. The Labute approximate surface area is 172 Å². The Morgan fingerprint density at radius 1 is 1.28 bits per heavy atom. The molecule has 8 nitrogen and oxygen atoms in total. The fourth-order valence-corrected chi connectivity index (χ4v) is 3.35. The van der Waals surface area contributed by atoms with Crippen molar-refractivity contribution in [3.63, 3.8) is 0 Å². The Kier molecular flexibility index (Phi) is 9.05. The van der Waals surface area contributed by atoms with Crippen LogP contribution in [0.2, 0.25) is 0 Å². The lowest BCUT2D eigenvalue weighted by Gasteiger charge is -2.34. The van der Waals surface area contributed by atoms with Crippen molar-refractivity contribution in [3.05, 3.63) is 23.8 Å². The van der Waals surface area contributed by atoms with Crippen molar-refractivity contribution in [2.45, 2.75) is 32.8 Å². The molecule has 2 rings (SSSR count). The number of nitrogens with one attached hydrogen (secondary N) is 1. The second-order valence-electron chi connectivity index (χ2n) is 6.89. The summed E-state index contributed by atoms with van der Waals surface area (Å²) in [6.07, 6.45) is 0.906. The van der Waals surface area contributed by atoms with Crippen LogP contribution in [0.1, 0.15) is 38.4 Å². The first-order chi connectivity index (χ1) is 14.0. The molecule has 162 valence electrons. The molecule has 29 heavy (non-hydrogen) atoms. The van der Waals surface area contributed by atoms with Crippen molar-refractivity contribution < 1.29 is 24.1 Å². The SMILES string of the molecule is CCNC(=NCC(O)c1cc(OC)cc(OC)c1)N1CCCC(C(=O)OCC)C1. The maximum atomic E-state index is 12.1. The van der Waals surface area contributed by atoms with E-state index >= 15 is 0 Å². The maximum Gasteiger partial charge on any atom is 0.310 e. The van der Waals surface area contributed by atoms with E-state index in [9.17, 15) is 9.90 Å². The lowest BCUT2D eigenvalue weighted by Crippen LogP contribution is -2.48. The van der Waals surface area contributed by atoms with E-state index < -0.39 is 6.10 Å². The van der Waals surface area contributed by atoms with E-state index in [1.165, 1.54) is 0 Å². The number of hydrogen-bond acceptors (Lipinski definition) is 6. The van der Waals surface area contributed by atoms with Crippen LogP contribution >= 0.6 is 0 Å². The molecule has 2 unspecified atom stereocenters. The smallest absolute Gasteiger partial charge is 0.310 e. The largest absolute Gasteiger partial charge is 0.497 e. The number of aliphatic hydroxyl groups is 1. The molecule has 0 aliphatic carbocycles. The topological polar surface area (TPSA) is 92.6 Å². The predicted molar refractivity (Wildman–Crippen MR) is 111 cm³/mol. The van der Waals surface area contributed by atoms with E-state index in [0.717, 1.165) is 19.4 Å². The number of carbonyl (C=O) groups excluding carboxylic acids is 1. The average molecular weight is 408 g/mol. The van der Waals surface area contributed by atoms with Crippen molar-refractivity contribution in [1.29, 1.82) is 0 Å². The number of hydrogen-bond donors (Lipinski definition) is 2. The first-order valence-corrected chi connectivity index (χ1v) is 10.1. The summed E-state index contributed by atoms with van der Waals surface area (Å²) in [5.41, 5.74) is 0.670. The van der Waals surface area contributed by atoms with Crippen molar-refractivity contribution in [2.24, 2.45) is 10.9 Å². The van der Waals surface area contributed by atoms with Gasteiger partial charge in [0.2, 0.25) is 0 Å². The zero-order chi connectivity index (χ0) is 21.2. The van der Waals surface area contributed by atoms with Crippen LogP contribution < -0.4 is 14.8 Å². The van der Waals surface area contributed by atoms with Gasteiger partial charge in [0, 0.05) is 25.7 Å². The number of piperidine rings is 1. The molecule has 0 bridgehead atoms. The standard InChI is InChI=1S/C21H33N3O5/c1-5-22-21(24-9-7-8-15(14-24)20(26)29-6-2)23-13-19(25)16-10-17(27-3)12-18(11-16)28-4/h10-12,15,19,25H,5-9,13-14H2,1-4H3,(H,22,23). The van der Waals surface area contributed by atoms with Crippen LogP contribution in [-0.4, -0.2) is 68.9 Å². The lowest BCUT2D eigenvalue weighted by atomic mass is 9.98. The minimum Gasteiger partial charge on any atom is -0.497 e. The summed E-state index contributed by atoms with van der Waals surface area (Å²) in [6, 6.07) is 5.30. The quantitative estimate of drug-likeness (QED) is 0.387. The van der Waals surface area contributed by atoms with Gasteiger partial charge in [-0.15, -0.1) is 0 Å². The number of rotatable bonds is 8. The van der Waals surface area contributed by atoms with Crippen LogP contribution in [0.5, 0.6) is 11.5 Å². The first-order valence-electron chi connectivity index (χ1n) is 10.1. The van der Waals surface area contributed by atoms with Gasteiger partial charge in [-0.05, 0) is 44.4 Å². The summed E-state index contributed by atoms with van der Waals surface area (Å²) in [6.45, 7) is 6.45. The molecule has 0 amide bonds. The second kappa shape index (κ2) is 11.5. The second-order valence-corrected chi connectivity index (χ2v) is 6.89. The van der Waals surface area contributed by atoms with Crippen molar-refractivity contribution in [3.8, 4) is 11.5 Å². The minimum atomic E-state index is -0.807. The average Bonchev–Trinajstić information content (AvgIpc) is 2.76. The van der Waals surface area contributed by atoms with Gasteiger partial charge in [-0.25, -0.2) is 0 Å². The van der Waals surface area contributed by atoms with Gasteiger partial charge in [0.15, 0.2) is 5.96 Å². The number of ether oxygens (including phenoxy) is 3. The summed E-state index contributed by atoms with van der Waals surface area (Å²) in [7, 11) is 3.14. The van der Waals surface area contributed by atoms with Crippen LogP contribution in [-0.2, 0) is 9.53 Å². The Hall–Kier alpha value is -2.48. The number of aliphatic imine (C=N–C) groups is 1. The van der Waals surface area contributed by atoms with E-state index in [0.29, 0.717) is 42.7 Å². The van der Waals surface area contributed by atoms with Gasteiger partial charge in [-0.2, -0.15) is 0 Å². The van der Waals surface area contributed by atoms with Crippen molar-refractivity contribution >= 4 is 11.9 Å². The number of benzene rings is 1. The van der Waals surface area contributed by atoms with Gasteiger partial charge in [0.25, 0.3) is 0 Å². The molecule has 0 saturated carbocycles. The number of nitrogens with zero attached hydrogens (tertiary/aromatic N) is 2. The molecule has 1 aliphatic heterocycles. The van der Waals surface area contributed by atoms with Gasteiger partial charge in [-0.1, -0.05) is 0 Å². The van der Waals surface area contributed by atoms with Gasteiger partial charge < -0.3 is 29.5 Å². The Balaban J connectivity index is 2.11. The summed E-state index contributed by atoms with van der Waals surface area (Å²) in [5.74, 6) is 1.61. The minimum absolute atomic E-state index is 0.153. The monoisotopic (exact) mass is 407 g/mol. The Bertz CT molecular complexity index is 673. The number of carbonyl (C=O) groups is 1. The highest BCUT2D eigenvalue weighted by Gasteiger charge is 2.28. The van der Waals surface area contributed by atoms with Crippen LogP contribution in [0, 0.1) is 5.92 Å². The summed E-state index contributed by atoms with van der Waals surface area (Å²) < 4.78 is 15.7. The number of likely N-dealkylation sites (tertiary alicyclic amines) is 1. The molecular weight excluding hydrogens is 374 g/mol. The number of methoxy groups -OCH3 is 2. The van der Waals surface area contributed by atoms with Gasteiger partial charge in [0.05, 0.1) is 39.4 Å². The van der Waals surface area contributed by atoms with E-state index in [2.05, 4.69) is 15.2 Å². The van der Waals surface area contributed by atoms with E-state index in [1.54, 1.807) is 32.4 Å². The van der Waals surface area contributed by atoms with Crippen molar-refractivity contribution in [2.75, 3.05) is 47.0 Å². The van der Waals surface area contributed by atoms with E-state index in [-0.39, 0.29) is 18.4 Å². The fourth-order valence-electron chi connectivity index (χ4n) is 3.35. The molecule has 8 heteroatoms. The van der Waals surface area contributed by atoms with Gasteiger partial charge >= 0.3 is 5.97 Å². The van der Waals surface area contributed by atoms with Crippen LogP contribution in [0.4, 0.5) is 0 Å². The van der Waals surface area contributed by atoms with Crippen molar-refractivity contribution in [1.82, 2.24) is 10.2 Å². The molecule has 1 aliphatic rings. The van der Waals surface area contributed by atoms with Crippen LogP contribution in [0.3, 0.4) is 0 Å². The van der Waals surface area contributed by atoms with Gasteiger partial charge in [-0.3, -0.25) is 9.79 Å². The first kappa shape index (κ1) is 22.8. The molecule has 0 spiro atoms. The molecule has 1 fully saturated rings.